The van der Waals surface area contributed by atoms with E-state index < -0.39 is 0 Å². The second-order valence-electron chi connectivity index (χ2n) is 5.81. The second kappa shape index (κ2) is 7.71. The number of amides is 1. The Morgan fingerprint density at radius 3 is 2.50 bits per heavy atom. The SMILES string of the molecule is CSc1ccccc1C(=O)N1CCCN(c2ccc(F)cc2)CC1. The Morgan fingerprint density at radius 2 is 1.75 bits per heavy atom. The summed E-state index contributed by atoms with van der Waals surface area (Å²) in [7, 11) is 0. The van der Waals surface area contributed by atoms with E-state index in [1.807, 2.05) is 35.4 Å². The molecule has 1 amide bonds. The maximum Gasteiger partial charge on any atom is 0.255 e. The molecule has 0 radical (unpaired) electrons. The van der Waals surface area contributed by atoms with Gasteiger partial charge in [-0.15, -0.1) is 11.8 Å². The smallest absolute Gasteiger partial charge is 0.255 e. The van der Waals surface area contributed by atoms with Crippen molar-refractivity contribution in [3.05, 3.63) is 59.9 Å². The lowest BCUT2D eigenvalue weighted by molar-refractivity contribution is 0.0763. The number of rotatable bonds is 3. The summed E-state index contributed by atoms with van der Waals surface area (Å²) in [6.07, 6.45) is 2.90. The Balaban J connectivity index is 1.71. The van der Waals surface area contributed by atoms with Crippen LogP contribution in [0.2, 0.25) is 0 Å². The van der Waals surface area contributed by atoms with Gasteiger partial charge in [-0.3, -0.25) is 4.79 Å². The van der Waals surface area contributed by atoms with Crippen LogP contribution in [0.3, 0.4) is 0 Å². The summed E-state index contributed by atoms with van der Waals surface area (Å²) in [4.78, 5) is 18.0. The Morgan fingerprint density at radius 1 is 1.00 bits per heavy atom. The fourth-order valence-corrected chi connectivity index (χ4v) is 3.61. The molecule has 1 aliphatic rings. The first kappa shape index (κ1) is 16.8. The molecule has 5 heteroatoms. The molecule has 126 valence electrons. The highest BCUT2D eigenvalue weighted by Gasteiger charge is 2.22. The van der Waals surface area contributed by atoms with Gasteiger partial charge in [0, 0.05) is 36.8 Å². The molecule has 1 heterocycles. The monoisotopic (exact) mass is 344 g/mol. The van der Waals surface area contributed by atoms with Gasteiger partial charge in [0.15, 0.2) is 0 Å². The molecule has 2 aromatic carbocycles. The van der Waals surface area contributed by atoms with E-state index in [2.05, 4.69) is 4.90 Å². The number of halogens is 1. The normalized spacial score (nSPS) is 15.2. The molecule has 0 unspecified atom stereocenters. The summed E-state index contributed by atoms with van der Waals surface area (Å²) in [6, 6.07) is 14.3. The van der Waals surface area contributed by atoms with E-state index in [1.54, 1.807) is 23.9 Å². The van der Waals surface area contributed by atoms with E-state index in [0.29, 0.717) is 6.54 Å². The van der Waals surface area contributed by atoms with Crippen LogP contribution in [0, 0.1) is 5.82 Å². The van der Waals surface area contributed by atoms with Crippen molar-refractivity contribution in [2.45, 2.75) is 11.3 Å². The third-order valence-corrected chi connectivity index (χ3v) is 5.11. The van der Waals surface area contributed by atoms with Gasteiger partial charge in [-0.25, -0.2) is 4.39 Å². The lowest BCUT2D eigenvalue weighted by Gasteiger charge is -2.24. The Labute approximate surface area is 146 Å². The molecule has 0 atom stereocenters. The van der Waals surface area contributed by atoms with Crippen LogP contribution in [0.1, 0.15) is 16.8 Å². The van der Waals surface area contributed by atoms with E-state index in [9.17, 15) is 9.18 Å². The van der Waals surface area contributed by atoms with Gasteiger partial charge in [-0.2, -0.15) is 0 Å². The minimum absolute atomic E-state index is 0.0981. The molecular weight excluding hydrogens is 323 g/mol. The summed E-state index contributed by atoms with van der Waals surface area (Å²) < 4.78 is 13.1. The molecule has 2 aromatic rings. The maximum atomic E-state index is 13.1. The van der Waals surface area contributed by atoms with Crippen LogP contribution in [0.15, 0.2) is 53.4 Å². The first-order valence-corrected chi connectivity index (χ1v) is 9.34. The minimum atomic E-state index is -0.223. The predicted molar refractivity (Wildman–Crippen MR) is 97.4 cm³/mol. The number of nitrogens with zero attached hydrogens (tertiary/aromatic N) is 2. The van der Waals surface area contributed by atoms with Crippen LogP contribution < -0.4 is 4.90 Å². The third-order valence-electron chi connectivity index (χ3n) is 4.31. The van der Waals surface area contributed by atoms with Crippen LogP contribution in [-0.2, 0) is 0 Å². The van der Waals surface area contributed by atoms with E-state index in [1.165, 1.54) is 12.1 Å². The average Bonchev–Trinajstić information content (AvgIpc) is 2.88. The third kappa shape index (κ3) is 3.73. The molecule has 0 N–H and O–H groups in total. The van der Waals surface area contributed by atoms with Crippen LogP contribution >= 0.6 is 11.8 Å². The van der Waals surface area contributed by atoms with Gasteiger partial charge in [0.25, 0.3) is 5.91 Å². The van der Waals surface area contributed by atoms with Gasteiger partial charge in [0.05, 0.1) is 5.56 Å². The Bertz CT molecular complexity index is 705. The summed E-state index contributed by atoms with van der Waals surface area (Å²) in [5.41, 5.74) is 1.79. The molecule has 24 heavy (non-hydrogen) atoms. The Kier molecular flexibility index (Phi) is 5.41. The lowest BCUT2D eigenvalue weighted by Crippen LogP contribution is -2.35. The highest BCUT2D eigenvalue weighted by molar-refractivity contribution is 7.98. The Hall–Kier alpha value is -2.01. The quantitative estimate of drug-likeness (QED) is 0.789. The fraction of sp³-hybridized carbons (Fsp3) is 0.316. The molecule has 1 fully saturated rings. The number of benzene rings is 2. The van der Waals surface area contributed by atoms with Crippen LogP contribution in [0.5, 0.6) is 0 Å². The number of carbonyl (C=O) groups excluding carboxylic acids is 1. The summed E-state index contributed by atoms with van der Waals surface area (Å²) in [5.74, 6) is -0.125. The first-order valence-electron chi connectivity index (χ1n) is 8.12. The fourth-order valence-electron chi connectivity index (χ4n) is 3.02. The number of carbonyl (C=O) groups is 1. The summed E-state index contributed by atoms with van der Waals surface area (Å²) in [5, 5.41) is 0. The standard InChI is InChI=1S/C19H21FN2OS/c1-24-18-6-3-2-5-17(18)19(23)22-12-4-11-21(13-14-22)16-9-7-15(20)8-10-16/h2-3,5-10H,4,11-14H2,1H3. The highest BCUT2D eigenvalue weighted by Crippen LogP contribution is 2.23. The number of thioether (sulfide) groups is 1. The summed E-state index contributed by atoms with van der Waals surface area (Å²) >= 11 is 1.60. The molecular formula is C19H21FN2OS. The van der Waals surface area contributed by atoms with Crippen molar-refractivity contribution in [3.63, 3.8) is 0 Å². The zero-order valence-corrected chi connectivity index (χ0v) is 14.6. The van der Waals surface area contributed by atoms with Gasteiger partial charge in [0.2, 0.25) is 0 Å². The molecule has 3 rings (SSSR count). The van der Waals surface area contributed by atoms with Crippen molar-refractivity contribution in [1.29, 1.82) is 0 Å². The first-order chi connectivity index (χ1) is 11.7. The van der Waals surface area contributed by atoms with Crippen LogP contribution in [-0.4, -0.2) is 43.2 Å². The van der Waals surface area contributed by atoms with Crippen molar-refractivity contribution < 1.29 is 9.18 Å². The van der Waals surface area contributed by atoms with E-state index in [4.69, 9.17) is 0 Å². The van der Waals surface area contributed by atoms with E-state index >= 15 is 0 Å². The molecule has 0 saturated carbocycles. The molecule has 0 aromatic heterocycles. The number of hydrogen-bond acceptors (Lipinski definition) is 3. The molecule has 0 spiro atoms. The highest BCUT2D eigenvalue weighted by atomic mass is 32.2. The van der Waals surface area contributed by atoms with Crippen molar-refractivity contribution in [2.24, 2.45) is 0 Å². The summed E-state index contributed by atoms with van der Waals surface area (Å²) in [6.45, 7) is 3.07. The van der Waals surface area contributed by atoms with Crippen molar-refractivity contribution in [1.82, 2.24) is 4.90 Å². The number of hydrogen-bond donors (Lipinski definition) is 0. The van der Waals surface area contributed by atoms with Gasteiger partial charge in [-0.1, -0.05) is 12.1 Å². The molecule has 1 aliphatic heterocycles. The van der Waals surface area contributed by atoms with Crippen molar-refractivity contribution >= 4 is 23.4 Å². The van der Waals surface area contributed by atoms with Gasteiger partial charge in [0.1, 0.15) is 5.82 Å². The molecule has 3 nitrogen and oxygen atoms in total. The largest absolute Gasteiger partial charge is 0.370 e. The predicted octanol–water partition coefficient (Wildman–Crippen LogP) is 3.90. The number of anilines is 1. The molecule has 0 bridgehead atoms. The van der Waals surface area contributed by atoms with Gasteiger partial charge in [-0.05, 0) is 49.1 Å². The van der Waals surface area contributed by atoms with Gasteiger partial charge < -0.3 is 9.80 Å². The van der Waals surface area contributed by atoms with E-state index in [0.717, 1.165) is 42.2 Å². The van der Waals surface area contributed by atoms with Crippen molar-refractivity contribution in [3.8, 4) is 0 Å². The topological polar surface area (TPSA) is 23.6 Å². The van der Waals surface area contributed by atoms with E-state index in [-0.39, 0.29) is 11.7 Å². The molecule has 0 aliphatic carbocycles. The zero-order valence-electron chi connectivity index (χ0n) is 13.7. The minimum Gasteiger partial charge on any atom is -0.370 e. The molecule has 1 saturated heterocycles. The van der Waals surface area contributed by atoms with Crippen LogP contribution in [0.4, 0.5) is 10.1 Å². The zero-order chi connectivity index (χ0) is 16.9. The lowest BCUT2D eigenvalue weighted by atomic mass is 10.2. The van der Waals surface area contributed by atoms with Crippen LogP contribution in [0.25, 0.3) is 0 Å². The second-order valence-corrected chi connectivity index (χ2v) is 6.66. The maximum absolute atomic E-state index is 13.1. The van der Waals surface area contributed by atoms with Crippen molar-refractivity contribution in [2.75, 3.05) is 37.3 Å². The average molecular weight is 344 g/mol. The van der Waals surface area contributed by atoms with Gasteiger partial charge >= 0.3 is 0 Å².